The second-order valence-electron chi connectivity index (χ2n) is 7.20. The molecule has 1 aromatic heterocycles. The zero-order valence-electron chi connectivity index (χ0n) is 16.7. The van der Waals surface area contributed by atoms with Crippen LogP contribution in [0.5, 0.6) is 5.75 Å². The summed E-state index contributed by atoms with van der Waals surface area (Å²) in [5.41, 5.74) is 1.94. The minimum absolute atomic E-state index is 0.0402. The topological polar surface area (TPSA) is 75.5 Å². The maximum Gasteiger partial charge on any atom is 0.307 e. The molecule has 3 aromatic rings. The Bertz CT molecular complexity index is 1140. The van der Waals surface area contributed by atoms with Gasteiger partial charge in [-0.25, -0.2) is 4.39 Å². The fraction of sp³-hybridized carbons (Fsp3) is 0.208. The van der Waals surface area contributed by atoms with Crippen molar-refractivity contribution in [2.75, 3.05) is 18.0 Å². The monoisotopic (exact) mass is 417 g/mol. The average Bonchev–Trinajstić information content (AvgIpc) is 3.23. The van der Waals surface area contributed by atoms with Gasteiger partial charge in [0.1, 0.15) is 11.8 Å². The van der Waals surface area contributed by atoms with Gasteiger partial charge in [0, 0.05) is 18.5 Å². The number of hydrogen-bond donors (Lipinski definition) is 1. The summed E-state index contributed by atoms with van der Waals surface area (Å²) >= 11 is 0. The van der Waals surface area contributed by atoms with Crippen LogP contribution >= 0.6 is 0 Å². The average molecular weight is 417 g/mol. The highest BCUT2D eigenvalue weighted by Gasteiger charge is 2.26. The van der Waals surface area contributed by atoms with Crippen molar-refractivity contribution in [1.29, 1.82) is 0 Å². The number of hydrogen-bond acceptors (Lipinski definition) is 5. The molecule has 1 aliphatic heterocycles. The molecule has 1 fully saturated rings. The van der Waals surface area contributed by atoms with Gasteiger partial charge < -0.3 is 14.7 Å². The lowest BCUT2D eigenvalue weighted by atomic mass is 10.1. The molecule has 0 spiro atoms. The summed E-state index contributed by atoms with van der Waals surface area (Å²) in [6, 6.07) is 17.2. The van der Waals surface area contributed by atoms with Crippen LogP contribution in [0.15, 0.2) is 60.7 Å². The number of benzene rings is 2. The van der Waals surface area contributed by atoms with Crippen molar-refractivity contribution in [3.63, 3.8) is 0 Å². The Labute approximate surface area is 179 Å². The molecule has 156 valence electrons. The van der Waals surface area contributed by atoms with E-state index in [-0.39, 0.29) is 24.1 Å². The lowest BCUT2D eigenvalue weighted by Crippen LogP contribution is -2.25. The van der Waals surface area contributed by atoms with Crippen LogP contribution in [0.2, 0.25) is 0 Å². The fourth-order valence-electron chi connectivity index (χ4n) is 3.38. The summed E-state index contributed by atoms with van der Waals surface area (Å²) in [6.07, 6.45) is 0.613. The van der Waals surface area contributed by atoms with E-state index in [0.717, 1.165) is 18.5 Å². The Kier molecular flexibility index (Phi) is 6.08. The predicted octanol–water partition coefficient (Wildman–Crippen LogP) is 3.30. The number of carbonyl (C=O) groups is 1. The lowest BCUT2D eigenvalue weighted by molar-refractivity contribution is -0.136. The molecule has 0 amide bonds. The van der Waals surface area contributed by atoms with Crippen LogP contribution in [0.4, 0.5) is 10.2 Å². The molecule has 1 atom stereocenters. The predicted molar refractivity (Wildman–Crippen MR) is 113 cm³/mol. The Morgan fingerprint density at radius 2 is 2.00 bits per heavy atom. The molecule has 1 N–H and O–H groups in total. The number of aromatic nitrogens is 2. The first-order valence-electron chi connectivity index (χ1n) is 9.89. The summed E-state index contributed by atoms with van der Waals surface area (Å²) in [7, 11) is 0. The zero-order valence-corrected chi connectivity index (χ0v) is 16.7. The first kappa shape index (κ1) is 20.4. The van der Waals surface area contributed by atoms with Crippen LogP contribution in [0.1, 0.15) is 23.2 Å². The summed E-state index contributed by atoms with van der Waals surface area (Å²) in [6.45, 7) is 1.35. The largest absolute Gasteiger partial charge is 0.485 e. The first-order valence-corrected chi connectivity index (χ1v) is 9.89. The molecule has 2 heterocycles. The number of nitrogens with zero attached hydrogens (tertiary/aromatic N) is 3. The highest BCUT2D eigenvalue weighted by Crippen LogP contribution is 2.23. The molecular formula is C24H20FN3O3. The molecule has 0 saturated carbocycles. The Morgan fingerprint density at radius 1 is 1.13 bits per heavy atom. The van der Waals surface area contributed by atoms with Gasteiger partial charge in [-0.15, -0.1) is 10.2 Å². The van der Waals surface area contributed by atoms with E-state index >= 15 is 0 Å². The van der Waals surface area contributed by atoms with Crippen molar-refractivity contribution in [2.24, 2.45) is 0 Å². The second-order valence-corrected chi connectivity index (χ2v) is 7.20. The van der Waals surface area contributed by atoms with Gasteiger partial charge in [0.25, 0.3) is 0 Å². The zero-order chi connectivity index (χ0) is 21.6. The van der Waals surface area contributed by atoms with Crippen molar-refractivity contribution in [3.8, 4) is 17.6 Å². The Morgan fingerprint density at radius 3 is 2.77 bits per heavy atom. The molecule has 7 heteroatoms. The molecule has 31 heavy (non-hydrogen) atoms. The summed E-state index contributed by atoms with van der Waals surface area (Å²) in [5.74, 6) is 5.68. The molecule has 1 unspecified atom stereocenters. The molecule has 4 rings (SSSR count). The van der Waals surface area contributed by atoms with Crippen LogP contribution in [0, 0.1) is 17.7 Å². The van der Waals surface area contributed by atoms with Crippen molar-refractivity contribution in [2.45, 2.75) is 18.9 Å². The van der Waals surface area contributed by atoms with Gasteiger partial charge in [0.15, 0.2) is 17.4 Å². The highest BCUT2D eigenvalue weighted by molar-refractivity contribution is 5.70. The number of carboxylic acid groups (broad SMARTS) is 1. The maximum atomic E-state index is 13.8. The van der Waals surface area contributed by atoms with Crippen molar-refractivity contribution in [1.82, 2.24) is 10.2 Å². The maximum absolute atomic E-state index is 13.8. The molecule has 0 aliphatic carbocycles. The van der Waals surface area contributed by atoms with Gasteiger partial charge in [-0.2, -0.15) is 0 Å². The quantitative estimate of drug-likeness (QED) is 0.642. The van der Waals surface area contributed by atoms with E-state index in [1.807, 2.05) is 17.0 Å². The number of halogens is 1. The number of carboxylic acids is 1. The van der Waals surface area contributed by atoms with Gasteiger partial charge >= 0.3 is 5.97 Å². The van der Waals surface area contributed by atoms with Gasteiger partial charge in [0.05, 0.1) is 13.0 Å². The molecule has 0 radical (unpaired) electrons. The van der Waals surface area contributed by atoms with Crippen LogP contribution in [0.3, 0.4) is 0 Å². The number of rotatable bonds is 5. The molecule has 2 aromatic carbocycles. The fourth-order valence-corrected chi connectivity index (χ4v) is 3.38. The minimum atomic E-state index is -0.880. The SMILES string of the molecule is O=C(O)Cc1cccc(C#Cc2ccc(N3CCC(Oc4ccccc4F)C3)nn2)c1. The third kappa shape index (κ3) is 5.37. The molecule has 0 bridgehead atoms. The Hall–Kier alpha value is -3.92. The van der Waals surface area contributed by atoms with Gasteiger partial charge in [0.2, 0.25) is 0 Å². The first-order chi connectivity index (χ1) is 15.1. The normalized spacial score (nSPS) is 15.3. The highest BCUT2D eigenvalue weighted by atomic mass is 19.1. The van der Waals surface area contributed by atoms with Gasteiger partial charge in [-0.1, -0.05) is 30.2 Å². The standard InChI is InChI=1S/C24H20FN3O3/c25-21-6-1-2-7-22(21)31-20-12-13-28(16-20)23-11-10-19(26-27-23)9-8-17-4-3-5-18(14-17)15-24(29)30/h1-7,10-11,14,20H,12-13,15-16H2,(H,29,30). The smallest absolute Gasteiger partial charge is 0.307 e. The summed E-state index contributed by atoms with van der Waals surface area (Å²) in [5, 5.41) is 17.3. The van der Waals surface area contributed by atoms with Crippen LogP contribution in [-0.4, -0.2) is 40.5 Å². The van der Waals surface area contributed by atoms with E-state index in [9.17, 15) is 9.18 Å². The van der Waals surface area contributed by atoms with Crippen molar-refractivity contribution >= 4 is 11.8 Å². The number of anilines is 1. The second kappa shape index (κ2) is 9.26. The van der Waals surface area contributed by atoms with Crippen molar-refractivity contribution < 1.29 is 19.0 Å². The number of para-hydroxylation sites is 1. The molecule has 1 saturated heterocycles. The molecular weight excluding hydrogens is 397 g/mol. The van der Waals surface area contributed by atoms with Crippen LogP contribution in [-0.2, 0) is 11.2 Å². The van der Waals surface area contributed by atoms with Crippen molar-refractivity contribution in [3.05, 3.63) is 83.3 Å². The van der Waals surface area contributed by atoms with Gasteiger partial charge in [-0.3, -0.25) is 4.79 Å². The number of ether oxygens (including phenoxy) is 1. The summed E-state index contributed by atoms with van der Waals surface area (Å²) in [4.78, 5) is 12.9. The third-order valence-corrected chi connectivity index (χ3v) is 4.87. The molecule has 1 aliphatic rings. The van der Waals surface area contributed by atoms with E-state index in [0.29, 0.717) is 23.6 Å². The van der Waals surface area contributed by atoms with E-state index in [1.165, 1.54) is 6.07 Å². The number of aliphatic carboxylic acids is 1. The van der Waals surface area contributed by atoms with E-state index in [4.69, 9.17) is 9.84 Å². The van der Waals surface area contributed by atoms with Crippen LogP contribution < -0.4 is 9.64 Å². The van der Waals surface area contributed by atoms with Gasteiger partial charge in [-0.05, 0) is 47.9 Å². The Balaban J connectivity index is 1.38. The van der Waals surface area contributed by atoms with E-state index in [2.05, 4.69) is 22.0 Å². The van der Waals surface area contributed by atoms with E-state index < -0.39 is 5.97 Å². The van der Waals surface area contributed by atoms with Crippen LogP contribution in [0.25, 0.3) is 0 Å². The lowest BCUT2D eigenvalue weighted by Gasteiger charge is -2.17. The third-order valence-electron chi connectivity index (χ3n) is 4.87. The minimum Gasteiger partial charge on any atom is -0.485 e. The summed E-state index contributed by atoms with van der Waals surface area (Å²) < 4.78 is 19.6. The molecule has 6 nitrogen and oxygen atoms in total. The van der Waals surface area contributed by atoms with E-state index in [1.54, 1.807) is 42.5 Å².